The topological polar surface area (TPSA) is 0 Å². The number of hydrogen-bond donors (Lipinski definition) is 0. The molecule has 0 radical (unpaired) electrons. The second-order valence-electron chi connectivity index (χ2n) is 1.90. The van der Waals surface area contributed by atoms with E-state index < -0.39 is 0 Å². The molecule has 0 nitrogen and oxygen atoms in total. The van der Waals surface area contributed by atoms with Gasteiger partial charge in [0, 0.05) is 4.83 Å². The van der Waals surface area contributed by atoms with Gasteiger partial charge < -0.3 is 0 Å². The summed E-state index contributed by atoms with van der Waals surface area (Å²) in [6.07, 6.45) is 6.70. The molecule has 0 bridgehead atoms. The molecule has 0 aliphatic rings. The van der Waals surface area contributed by atoms with Crippen LogP contribution in [-0.2, 0) is 0 Å². The van der Waals surface area contributed by atoms with E-state index in [2.05, 4.69) is 41.9 Å². The normalized spacial score (nSPS) is 14.9. The van der Waals surface area contributed by atoms with Gasteiger partial charge in [-0.2, -0.15) is 0 Å². The molecule has 8 heavy (non-hydrogen) atoms. The highest BCUT2D eigenvalue weighted by molar-refractivity contribution is 9.09. The Labute approximate surface area is 60.1 Å². The Morgan fingerprint density at radius 3 is 2.50 bits per heavy atom. The minimum absolute atomic E-state index is 0.630. The van der Waals surface area contributed by atoms with Crippen LogP contribution in [-0.4, -0.2) is 4.83 Å². The van der Waals surface area contributed by atoms with Crippen molar-refractivity contribution < 1.29 is 0 Å². The molecule has 0 N–H and O–H groups in total. The van der Waals surface area contributed by atoms with Crippen LogP contribution in [0, 0.1) is 0 Å². The van der Waals surface area contributed by atoms with Gasteiger partial charge in [0.25, 0.3) is 0 Å². The summed E-state index contributed by atoms with van der Waals surface area (Å²) < 4.78 is 0. The molecular formula is C7H13Br. The molecule has 0 saturated heterocycles. The molecule has 48 valence electrons. The van der Waals surface area contributed by atoms with Crippen LogP contribution in [0.4, 0.5) is 0 Å². The fourth-order valence-electron chi connectivity index (χ4n) is 0.450. The average Bonchev–Trinajstić information content (AvgIpc) is 1.66. The highest BCUT2D eigenvalue weighted by Crippen LogP contribution is 2.03. The molecule has 0 saturated carbocycles. The van der Waals surface area contributed by atoms with E-state index in [0.29, 0.717) is 4.83 Å². The van der Waals surface area contributed by atoms with E-state index in [1.54, 1.807) is 0 Å². The summed E-state index contributed by atoms with van der Waals surface area (Å²) in [6.45, 7) is 4.30. The molecular weight excluding hydrogens is 164 g/mol. The SMILES string of the molecule is CCC=CCC(C)Br. The smallest absolute Gasteiger partial charge is 0.0152 e. The lowest BCUT2D eigenvalue weighted by atomic mass is 10.3. The zero-order valence-corrected chi connectivity index (χ0v) is 7.11. The molecule has 0 heterocycles. The van der Waals surface area contributed by atoms with Crippen LogP contribution in [0.25, 0.3) is 0 Å². The Morgan fingerprint density at radius 2 is 2.12 bits per heavy atom. The first kappa shape index (κ1) is 8.22. The fraction of sp³-hybridized carbons (Fsp3) is 0.714. The predicted molar refractivity (Wildman–Crippen MR) is 42.4 cm³/mol. The van der Waals surface area contributed by atoms with E-state index in [4.69, 9.17) is 0 Å². The molecule has 0 spiro atoms. The maximum absolute atomic E-state index is 3.45. The van der Waals surface area contributed by atoms with Gasteiger partial charge in [-0.25, -0.2) is 0 Å². The first-order valence-corrected chi connectivity index (χ1v) is 3.98. The van der Waals surface area contributed by atoms with Gasteiger partial charge in [-0.15, -0.1) is 0 Å². The van der Waals surface area contributed by atoms with Crippen molar-refractivity contribution in [3.05, 3.63) is 12.2 Å². The van der Waals surface area contributed by atoms with Crippen molar-refractivity contribution >= 4 is 15.9 Å². The Kier molecular flexibility index (Phi) is 5.51. The first-order valence-electron chi connectivity index (χ1n) is 3.06. The van der Waals surface area contributed by atoms with E-state index >= 15 is 0 Å². The Balaban J connectivity index is 3.03. The van der Waals surface area contributed by atoms with Crippen molar-refractivity contribution in [3.8, 4) is 0 Å². The highest BCUT2D eigenvalue weighted by atomic mass is 79.9. The number of rotatable bonds is 3. The number of hydrogen-bond acceptors (Lipinski definition) is 0. The predicted octanol–water partition coefficient (Wildman–Crippen LogP) is 3.13. The second-order valence-corrected chi connectivity index (χ2v) is 3.46. The molecule has 0 aliphatic carbocycles. The van der Waals surface area contributed by atoms with Crippen LogP contribution in [0.3, 0.4) is 0 Å². The summed E-state index contributed by atoms with van der Waals surface area (Å²) in [5, 5.41) is 0. The third-order valence-electron chi connectivity index (χ3n) is 0.863. The minimum atomic E-state index is 0.630. The molecule has 0 aromatic heterocycles. The third kappa shape index (κ3) is 6.22. The lowest BCUT2D eigenvalue weighted by Crippen LogP contribution is -1.83. The Bertz CT molecular complexity index is 64.8. The van der Waals surface area contributed by atoms with Gasteiger partial charge in [-0.05, 0) is 12.8 Å². The second kappa shape index (κ2) is 5.36. The van der Waals surface area contributed by atoms with Crippen molar-refractivity contribution in [2.24, 2.45) is 0 Å². The third-order valence-corrected chi connectivity index (χ3v) is 1.24. The summed E-state index contributed by atoms with van der Waals surface area (Å²) in [5.41, 5.74) is 0. The minimum Gasteiger partial charge on any atom is -0.0890 e. The molecule has 0 aliphatic heterocycles. The standard InChI is InChI=1S/C7H13Br/c1-3-4-5-6-7(2)8/h4-5,7H,3,6H2,1-2H3. The Morgan fingerprint density at radius 1 is 1.50 bits per heavy atom. The van der Waals surface area contributed by atoms with Crippen molar-refractivity contribution in [2.75, 3.05) is 0 Å². The van der Waals surface area contributed by atoms with Gasteiger partial charge in [-0.3, -0.25) is 0 Å². The summed E-state index contributed by atoms with van der Waals surface area (Å²) in [4.78, 5) is 0.630. The molecule has 0 aromatic carbocycles. The van der Waals surface area contributed by atoms with Crippen molar-refractivity contribution in [1.29, 1.82) is 0 Å². The van der Waals surface area contributed by atoms with Crippen molar-refractivity contribution in [1.82, 2.24) is 0 Å². The zero-order valence-electron chi connectivity index (χ0n) is 5.52. The quantitative estimate of drug-likeness (QED) is 0.459. The molecule has 1 atom stereocenters. The molecule has 0 aromatic rings. The van der Waals surface area contributed by atoms with E-state index in [-0.39, 0.29) is 0 Å². The Hall–Kier alpha value is 0.220. The number of halogens is 1. The summed E-state index contributed by atoms with van der Waals surface area (Å²) in [6, 6.07) is 0. The number of allylic oxidation sites excluding steroid dienone is 2. The van der Waals surface area contributed by atoms with E-state index in [0.717, 1.165) is 12.8 Å². The summed E-state index contributed by atoms with van der Waals surface area (Å²) in [5.74, 6) is 0. The zero-order chi connectivity index (χ0) is 6.41. The van der Waals surface area contributed by atoms with Crippen LogP contribution in [0.5, 0.6) is 0 Å². The highest BCUT2D eigenvalue weighted by Gasteiger charge is 1.86. The maximum Gasteiger partial charge on any atom is 0.0152 e. The van der Waals surface area contributed by atoms with Gasteiger partial charge in [-0.1, -0.05) is 41.9 Å². The van der Waals surface area contributed by atoms with Gasteiger partial charge in [0.15, 0.2) is 0 Å². The van der Waals surface area contributed by atoms with Gasteiger partial charge >= 0.3 is 0 Å². The first-order chi connectivity index (χ1) is 3.77. The lowest BCUT2D eigenvalue weighted by molar-refractivity contribution is 0.991. The number of alkyl halides is 1. The average molecular weight is 177 g/mol. The van der Waals surface area contributed by atoms with Crippen LogP contribution >= 0.6 is 15.9 Å². The fourth-order valence-corrected chi connectivity index (χ4v) is 0.666. The summed E-state index contributed by atoms with van der Waals surface area (Å²) in [7, 11) is 0. The van der Waals surface area contributed by atoms with Crippen LogP contribution in [0.15, 0.2) is 12.2 Å². The van der Waals surface area contributed by atoms with Crippen LogP contribution in [0.2, 0.25) is 0 Å². The van der Waals surface area contributed by atoms with Crippen molar-refractivity contribution in [3.63, 3.8) is 0 Å². The van der Waals surface area contributed by atoms with E-state index in [9.17, 15) is 0 Å². The molecule has 1 heteroatoms. The van der Waals surface area contributed by atoms with E-state index in [1.165, 1.54) is 0 Å². The van der Waals surface area contributed by atoms with Gasteiger partial charge in [0.2, 0.25) is 0 Å². The monoisotopic (exact) mass is 176 g/mol. The molecule has 0 fully saturated rings. The van der Waals surface area contributed by atoms with Gasteiger partial charge in [0.05, 0.1) is 0 Å². The van der Waals surface area contributed by atoms with E-state index in [1.807, 2.05) is 0 Å². The van der Waals surface area contributed by atoms with Crippen molar-refractivity contribution in [2.45, 2.75) is 31.5 Å². The summed E-state index contributed by atoms with van der Waals surface area (Å²) >= 11 is 3.45. The van der Waals surface area contributed by atoms with Crippen LogP contribution in [0.1, 0.15) is 26.7 Å². The molecule has 0 amide bonds. The lowest BCUT2D eigenvalue weighted by Gasteiger charge is -1.92. The molecule has 0 rings (SSSR count). The van der Waals surface area contributed by atoms with Crippen LogP contribution < -0.4 is 0 Å². The van der Waals surface area contributed by atoms with Gasteiger partial charge in [0.1, 0.15) is 0 Å². The largest absolute Gasteiger partial charge is 0.0890 e. The molecule has 1 unspecified atom stereocenters. The maximum atomic E-state index is 3.45.